The van der Waals surface area contributed by atoms with E-state index in [-0.39, 0.29) is 22.0 Å². The Labute approximate surface area is 163 Å². The number of hydrogen-bond acceptors (Lipinski definition) is 2. The molecule has 0 aliphatic heterocycles. The van der Waals surface area contributed by atoms with E-state index < -0.39 is 12.1 Å². The molecule has 0 N–H and O–H groups in total. The first kappa shape index (κ1) is 20.4. The fraction of sp³-hybridized carbons (Fsp3) is 0.435. The van der Waals surface area contributed by atoms with Gasteiger partial charge in [-0.25, -0.2) is 0 Å². The van der Waals surface area contributed by atoms with Gasteiger partial charge in [-0.1, -0.05) is 45.9 Å². The molecular weight excluding hydrogens is 365 g/mol. The quantitative estimate of drug-likeness (QED) is 0.544. The maximum Gasteiger partial charge on any atom is 0.573 e. The van der Waals surface area contributed by atoms with Gasteiger partial charge in [-0.3, -0.25) is 4.79 Å². The van der Waals surface area contributed by atoms with Gasteiger partial charge in [0.1, 0.15) is 5.75 Å². The Morgan fingerprint density at radius 3 is 2.07 bits per heavy atom. The fourth-order valence-electron chi connectivity index (χ4n) is 4.10. The predicted molar refractivity (Wildman–Crippen MR) is 104 cm³/mol. The molecule has 0 saturated carbocycles. The maximum absolute atomic E-state index is 13.0. The minimum absolute atomic E-state index is 0.00406. The molecule has 2 nitrogen and oxygen atoms in total. The second-order valence-electron chi connectivity index (χ2n) is 8.87. The standard InChI is InChI=1S/C23H25F3O2/c1-14-11-18-19(22(4,5)10-9-21(18,2)3)12-17(14)16-8-6-7-15(13-27)20(16)28-23(24,25)26/h6-8,11-13H,9-10H2,1-5H3. The summed E-state index contributed by atoms with van der Waals surface area (Å²) in [4.78, 5) is 11.4. The average molecular weight is 390 g/mol. The lowest BCUT2D eigenvalue weighted by atomic mass is 9.62. The van der Waals surface area contributed by atoms with Crippen LogP contribution in [0.5, 0.6) is 5.75 Å². The number of rotatable bonds is 3. The fourth-order valence-corrected chi connectivity index (χ4v) is 4.10. The summed E-state index contributed by atoms with van der Waals surface area (Å²) in [5, 5.41) is 0. The van der Waals surface area contributed by atoms with Crippen molar-refractivity contribution in [2.75, 3.05) is 0 Å². The summed E-state index contributed by atoms with van der Waals surface area (Å²) >= 11 is 0. The summed E-state index contributed by atoms with van der Waals surface area (Å²) in [6, 6.07) is 8.55. The van der Waals surface area contributed by atoms with Crippen LogP contribution < -0.4 is 4.74 Å². The molecule has 28 heavy (non-hydrogen) atoms. The molecule has 0 heterocycles. The zero-order valence-corrected chi connectivity index (χ0v) is 16.8. The molecule has 1 aliphatic carbocycles. The Hall–Kier alpha value is -2.30. The van der Waals surface area contributed by atoms with Crippen molar-refractivity contribution < 1.29 is 22.7 Å². The largest absolute Gasteiger partial charge is 0.573 e. The molecule has 150 valence electrons. The second-order valence-corrected chi connectivity index (χ2v) is 8.87. The van der Waals surface area contributed by atoms with Gasteiger partial charge in [-0.15, -0.1) is 13.2 Å². The molecule has 0 saturated heterocycles. The van der Waals surface area contributed by atoms with E-state index in [1.165, 1.54) is 11.6 Å². The number of fused-ring (bicyclic) bond motifs is 1. The number of halogens is 3. The molecule has 0 bridgehead atoms. The highest BCUT2D eigenvalue weighted by Crippen LogP contribution is 2.48. The van der Waals surface area contributed by atoms with E-state index in [1.807, 2.05) is 13.0 Å². The van der Waals surface area contributed by atoms with Gasteiger partial charge in [0.15, 0.2) is 6.29 Å². The predicted octanol–water partition coefficient (Wildman–Crippen LogP) is 6.72. The van der Waals surface area contributed by atoms with Crippen LogP contribution in [0.3, 0.4) is 0 Å². The third kappa shape index (κ3) is 3.67. The highest BCUT2D eigenvalue weighted by molar-refractivity contribution is 5.87. The van der Waals surface area contributed by atoms with Gasteiger partial charge in [0.05, 0.1) is 5.56 Å². The Kier molecular flexibility index (Phi) is 4.85. The number of ether oxygens (including phenoxy) is 1. The molecule has 0 spiro atoms. The van der Waals surface area contributed by atoms with Crippen molar-refractivity contribution in [1.82, 2.24) is 0 Å². The van der Waals surface area contributed by atoms with Crippen molar-refractivity contribution in [3.8, 4) is 16.9 Å². The lowest BCUT2D eigenvalue weighted by Crippen LogP contribution is -2.34. The van der Waals surface area contributed by atoms with Crippen molar-refractivity contribution in [1.29, 1.82) is 0 Å². The average Bonchev–Trinajstić information content (AvgIpc) is 2.58. The third-order valence-corrected chi connectivity index (χ3v) is 5.88. The molecule has 0 fully saturated rings. The molecule has 0 atom stereocenters. The lowest BCUT2D eigenvalue weighted by molar-refractivity contribution is -0.274. The van der Waals surface area contributed by atoms with Crippen LogP contribution in [0.1, 0.15) is 67.6 Å². The summed E-state index contributed by atoms with van der Waals surface area (Å²) in [6.45, 7) is 10.6. The van der Waals surface area contributed by atoms with Crippen molar-refractivity contribution in [3.05, 3.63) is 52.6 Å². The topological polar surface area (TPSA) is 26.3 Å². The molecule has 1 aliphatic rings. The molecule has 0 radical (unpaired) electrons. The monoisotopic (exact) mass is 390 g/mol. The SMILES string of the molecule is Cc1cc2c(cc1-c1cccc(C=O)c1OC(F)(F)F)C(C)(C)CCC2(C)C. The van der Waals surface area contributed by atoms with Gasteiger partial charge in [0, 0.05) is 5.56 Å². The number of benzene rings is 2. The van der Waals surface area contributed by atoms with E-state index in [9.17, 15) is 18.0 Å². The molecule has 5 heteroatoms. The van der Waals surface area contributed by atoms with Crippen molar-refractivity contribution in [2.45, 2.75) is 64.7 Å². The highest BCUT2D eigenvalue weighted by Gasteiger charge is 2.38. The molecule has 0 amide bonds. The summed E-state index contributed by atoms with van der Waals surface area (Å²) in [5.41, 5.74) is 3.97. The summed E-state index contributed by atoms with van der Waals surface area (Å²) in [6.07, 6.45) is -2.44. The smallest absolute Gasteiger partial charge is 0.404 e. The van der Waals surface area contributed by atoms with Crippen LogP contribution in [0.15, 0.2) is 30.3 Å². The number of hydrogen-bond donors (Lipinski definition) is 0. The summed E-state index contributed by atoms with van der Waals surface area (Å²) < 4.78 is 43.3. The first-order valence-corrected chi connectivity index (χ1v) is 9.36. The molecule has 3 rings (SSSR count). The van der Waals surface area contributed by atoms with Gasteiger partial charge in [0.2, 0.25) is 0 Å². The number of para-hydroxylation sites is 1. The number of carbonyl (C=O) groups excluding carboxylic acids is 1. The zero-order valence-electron chi connectivity index (χ0n) is 16.8. The third-order valence-electron chi connectivity index (χ3n) is 5.88. The Morgan fingerprint density at radius 2 is 1.54 bits per heavy atom. The molecule has 2 aromatic rings. The van der Waals surface area contributed by atoms with Gasteiger partial charge in [-0.05, 0) is 65.0 Å². The van der Waals surface area contributed by atoms with Crippen LogP contribution in [0, 0.1) is 6.92 Å². The van der Waals surface area contributed by atoms with E-state index in [0.29, 0.717) is 11.8 Å². The molecule has 0 aromatic heterocycles. The zero-order chi connectivity index (χ0) is 20.9. The van der Waals surface area contributed by atoms with Gasteiger partial charge in [-0.2, -0.15) is 0 Å². The van der Waals surface area contributed by atoms with Crippen molar-refractivity contribution >= 4 is 6.29 Å². The second kappa shape index (κ2) is 6.64. The number of aryl methyl sites for hydroxylation is 1. The summed E-state index contributed by atoms with van der Waals surface area (Å²) in [7, 11) is 0. The first-order chi connectivity index (χ1) is 12.9. The minimum Gasteiger partial charge on any atom is -0.404 e. The Morgan fingerprint density at radius 1 is 0.964 bits per heavy atom. The Balaban J connectivity index is 2.28. The van der Waals surface area contributed by atoms with E-state index >= 15 is 0 Å². The van der Waals surface area contributed by atoms with Gasteiger partial charge in [0.25, 0.3) is 0 Å². The van der Waals surface area contributed by atoms with E-state index in [4.69, 9.17) is 0 Å². The number of alkyl halides is 3. The summed E-state index contributed by atoms with van der Waals surface area (Å²) in [5.74, 6) is -0.444. The molecular formula is C23H25F3O2. The lowest BCUT2D eigenvalue weighted by Gasteiger charge is -2.42. The molecule has 2 aromatic carbocycles. The van der Waals surface area contributed by atoms with Gasteiger partial charge < -0.3 is 4.74 Å². The normalized spacial score (nSPS) is 17.7. The van der Waals surface area contributed by atoms with Crippen LogP contribution in [0.4, 0.5) is 13.2 Å². The van der Waals surface area contributed by atoms with Crippen LogP contribution in [0.2, 0.25) is 0 Å². The highest BCUT2D eigenvalue weighted by atomic mass is 19.4. The minimum atomic E-state index is -4.88. The Bertz CT molecular complexity index is 924. The van der Waals surface area contributed by atoms with E-state index in [1.54, 1.807) is 12.1 Å². The van der Waals surface area contributed by atoms with Crippen LogP contribution in [0.25, 0.3) is 11.1 Å². The maximum atomic E-state index is 13.0. The number of carbonyl (C=O) groups is 1. The van der Waals surface area contributed by atoms with Crippen LogP contribution in [-0.2, 0) is 10.8 Å². The van der Waals surface area contributed by atoms with Crippen molar-refractivity contribution in [2.24, 2.45) is 0 Å². The number of aldehydes is 1. The van der Waals surface area contributed by atoms with E-state index in [0.717, 1.165) is 24.0 Å². The van der Waals surface area contributed by atoms with Crippen LogP contribution in [-0.4, -0.2) is 12.6 Å². The van der Waals surface area contributed by atoms with Gasteiger partial charge >= 0.3 is 6.36 Å². The molecule has 0 unspecified atom stereocenters. The first-order valence-electron chi connectivity index (χ1n) is 9.36. The van der Waals surface area contributed by atoms with E-state index in [2.05, 4.69) is 38.5 Å². The van der Waals surface area contributed by atoms with Crippen LogP contribution >= 0.6 is 0 Å². The van der Waals surface area contributed by atoms with Crippen molar-refractivity contribution in [3.63, 3.8) is 0 Å².